The molecule has 0 spiro atoms. The van der Waals surface area contributed by atoms with Gasteiger partial charge in [0.25, 0.3) is 0 Å². The van der Waals surface area contributed by atoms with E-state index in [-0.39, 0.29) is 19.0 Å². The molecule has 0 radical (unpaired) electrons. The van der Waals surface area contributed by atoms with Crippen LogP contribution in [0.2, 0.25) is 0 Å². The molecule has 0 amide bonds. The number of rotatable bonds is 8. The molecule has 0 aliphatic heterocycles. The minimum Gasteiger partial charge on any atom is -0.481 e. The lowest BCUT2D eigenvalue weighted by Crippen LogP contribution is -2.20. The maximum Gasteiger partial charge on any atom is 0.307 e. The van der Waals surface area contributed by atoms with Gasteiger partial charge in [0, 0.05) is 23.8 Å². The Labute approximate surface area is 132 Å². The van der Waals surface area contributed by atoms with Crippen molar-refractivity contribution in [3.05, 3.63) is 36.0 Å². The third-order valence-corrected chi connectivity index (χ3v) is 5.41. The SMILES string of the molecule is O=C(O)CCC(CP(=O)(O)Cc1cc2ccccc2[nH]1)C(=O)O. The highest BCUT2D eigenvalue weighted by atomic mass is 31.2. The van der Waals surface area contributed by atoms with Crippen LogP contribution in [0.5, 0.6) is 0 Å². The van der Waals surface area contributed by atoms with Gasteiger partial charge in [0.15, 0.2) is 0 Å². The molecule has 0 aliphatic rings. The minimum atomic E-state index is -3.74. The maximum absolute atomic E-state index is 12.3. The van der Waals surface area contributed by atoms with Crippen molar-refractivity contribution in [3.8, 4) is 0 Å². The molecule has 1 aromatic heterocycles. The highest BCUT2D eigenvalue weighted by Gasteiger charge is 2.30. The Hall–Kier alpha value is -2.11. The molecular weight excluding hydrogens is 321 g/mol. The molecule has 8 heteroatoms. The van der Waals surface area contributed by atoms with Crippen molar-refractivity contribution in [2.45, 2.75) is 19.0 Å². The summed E-state index contributed by atoms with van der Waals surface area (Å²) in [7, 11) is -3.74. The predicted molar refractivity (Wildman–Crippen MR) is 84.7 cm³/mol. The first kappa shape index (κ1) is 17.2. The number of hydrogen-bond donors (Lipinski definition) is 4. The monoisotopic (exact) mass is 339 g/mol. The quantitative estimate of drug-likeness (QED) is 0.547. The molecule has 2 unspecified atom stereocenters. The second-order valence-electron chi connectivity index (χ2n) is 5.54. The molecule has 0 saturated carbocycles. The number of benzene rings is 1. The van der Waals surface area contributed by atoms with Crippen LogP contribution in [0.25, 0.3) is 10.9 Å². The van der Waals surface area contributed by atoms with Gasteiger partial charge in [-0.25, -0.2) is 0 Å². The van der Waals surface area contributed by atoms with Gasteiger partial charge in [-0.1, -0.05) is 18.2 Å². The third kappa shape index (κ3) is 4.94. The average molecular weight is 339 g/mol. The summed E-state index contributed by atoms with van der Waals surface area (Å²) in [5.41, 5.74) is 1.39. The normalized spacial score (nSPS) is 15.2. The van der Waals surface area contributed by atoms with E-state index in [1.54, 1.807) is 6.07 Å². The van der Waals surface area contributed by atoms with E-state index in [2.05, 4.69) is 4.98 Å². The van der Waals surface area contributed by atoms with Gasteiger partial charge in [-0.3, -0.25) is 14.2 Å². The van der Waals surface area contributed by atoms with Crippen molar-refractivity contribution in [2.75, 3.05) is 6.16 Å². The molecule has 1 heterocycles. The number of nitrogens with one attached hydrogen (secondary N) is 1. The molecule has 1 aromatic carbocycles. The van der Waals surface area contributed by atoms with Crippen LogP contribution in [0.3, 0.4) is 0 Å². The molecule has 7 nitrogen and oxygen atoms in total. The largest absolute Gasteiger partial charge is 0.481 e. The molecule has 124 valence electrons. The summed E-state index contributed by atoms with van der Waals surface area (Å²) >= 11 is 0. The number of aliphatic carboxylic acids is 2. The molecule has 0 aliphatic carbocycles. The van der Waals surface area contributed by atoms with Crippen LogP contribution in [0.4, 0.5) is 0 Å². The van der Waals surface area contributed by atoms with Crippen LogP contribution in [-0.4, -0.2) is 38.2 Å². The molecule has 0 fully saturated rings. The Balaban J connectivity index is 2.08. The lowest BCUT2D eigenvalue weighted by Gasteiger charge is -2.16. The summed E-state index contributed by atoms with van der Waals surface area (Å²) in [5, 5.41) is 18.6. The fourth-order valence-electron chi connectivity index (χ4n) is 2.48. The number of hydrogen-bond acceptors (Lipinski definition) is 3. The molecule has 4 N–H and O–H groups in total. The number of carbonyl (C=O) groups is 2. The highest BCUT2D eigenvalue weighted by molar-refractivity contribution is 7.57. The van der Waals surface area contributed by atoms with E-state index in [1.165, 1.54) is 0 Å². The van der Waals surface area contributed by atoms with E-state index in [1.807, 2.05) is 24.3 Å². The Bertz CT molecular complexity index is 735. The number of H-pyrrole nitrogens is 1. The summed E-state index contributed by atoms with van der Waals surface area (Å²) in [6.45, 7) is 0. The van der Waals surface area contributed by atoms with Crippen LogP contribution < -0.4 is 0 Å². The van der Waals surface area contributed by atoms with Crippen molar-refractivity contribution in [2.24, 2.45) is 5.92 Å². The standard InChI is InChI=1S/C15H18NO6P/c17-14(18)6-5-11(15(19)20)8-23(21,22)9-12-7-10-3-1-2-4-13(10)16-12/h1-4,7,11,16H,5-6,8-9H2,(H,17,18)(H,19,20)(H,21,22). The Morgan fingerprint density at radius 1 is 1.22 bits per heavy atom. The number of para-hydroxylation sites is 1. The maximum atomic E-state index is 12.3. The lowest BCUT2D eigenvalue weighted by molar-refractivity contribution is -0.142. The van der Waals surface area contributed by atoms with Gasteiger partial charge in [-0.05, 0) is 23.9 Å². The second kappa shape index (κ2) is 6.98. The van der Waals surface area contributed by atoms with Gasteiger partial charge in [0.2, 0.25) is 7.37 Å². The second-order valence-corrected chi connectivity index (χ2v) is 7.91. The topological polar surface area (TPSA) is 128 Å². The molecule has 2 aromatic rings. The molecule has 0 saturated heterocycles. The van der Waals surface area contributed by atoms with Gasteiger partial charge in [0.1, 0.15) is 0 Å². The number of carboxylic acids is 2. The minimum absolute atomic E-state index is 0.165. The lowest BCUT2D eigenvalue weighted by atomic mass is 10.1. The Morgan fingerprint density at radius 2 is 1.91 bits per heavy atom. The van der Waals surface area contributed by atoms with Crippen LogP contribution in [-0.2, 0) is 20.3 Å². The fraction of sp³-hybridized carbons (Fsp3) is 0.333. The first-order chi connectivity index (χ1) is 10.8. The molecule has 2 rings (SSSR count). The zero-order chi connectivity index (χ0) is 17.0. The first-order valence-electron chi connectivity index (χ1n) is 7.09. The van der Waals surface area contributed by atoms with E-state index >= 15 is 0 Å². The molecule has 2 atom stereocenters. The number of aromatic amines is 1. The molecule has 23 heavy (non-hydrogen) atoms. The van der Waals surface area contributed by atoms with Crippen LogP contribution in [0.15, 0.2) is 30.3 Å². The van der Waals surface area contributed by atoms with Gasteiger partial charge in [-0.2, -0.15) is 0 Å². The van der Waals surface area contributed by atoms with E-state index in [9.17, 15) is 19.0 Å². The smallest absolute Gasteiger partial charge is 0.307 e. The van der Waals surface area contributed by atoms with Crippen molar-refractivity contribution < 1.29 is 29.3 Å². The van der Waals surface area contributed by atoms with E-state index in [0.717, 1.165) is 10.9 Å². The summed E-state index contributed by atoms with van der Waals surface area (Å²) in [6, 6.07) is 9.15. The van der Waals surface area contributed by atoms with Gasteiger partial charge in [0.05, 0.1) is 12.1 Å². The number of aromatic nitrogens is 1. The van der Waals surface area contributed by atoms with Crippen LogP contribution in [0, 0.1) is 5.92 Å². The summed E-state index contributed by atoms with van der Waals surface area (Å²) in [5.74, 6) is -3.52. The zero-order valence-electron chi connectivity index (χ0n) is 12.3. The van der Waals surface area contributed by atoms with E-state index < -0.39 is 31.4 Å². The van der Waals surface area contributed by atoms with Crippen molar-refractivity contribution >= 4 is 30.2 Å². The molecular formula is C15H18NO6P. The fourth-order valence-corrected chi connectivity index (χ4v) is 4.34. The highest BCUT2D eigenvalue weighted by Crippen LogP contribution is 2.47. The van der Waals surface area contributed by atoms with Crippen molar-refractivity contribution in [3.63, 3.8) is 0 Å². The van der Waals surface area contributed by atoms with Gasteiger partial charge >= 0.3 is 11.9 Å². The van der Waals surface area contributed by atoms with Gasteiger partial charge in [-0.15, -0.1) is 0 Å². The van der Waals surface area contributed by atoms with Crippen LogP contribution in [0.1, 0.15) is 18.5 Å². The van der Waals surface area contributed by atoms with Gasteiger partial charge < -0.3 is 20.1 Å². The predicted octanol–water partition coefficient (Wildman–Crippen LogP) is 2.50. The Kier molecular flexibility index (Phi) is 5.23. The summed E-state index contributed by atoms with van der Waals surface area (Å²) < 4.78 is 12.3. The van der Waals surface area contributed by atoms with Crippen molar-refractivity contribution in [1.29, 1.82) is 0 Å². The molecule has 0 bridgehead atoms. The first-order valence-corrected chi connectivity index (χ1v) is 9.12. The van der Waals surface area contributed by atoms with E-state index in [0.29, 0.717) is 5.69 Å². The van der Waals surface area contributed by atoms with E-state index in [4.69, 9.17) is 10.2 Å². The Morgan fingerprint density at radius 3 is 2.52 bits per heavy atom. The number of fused-ring (bicyclic) bond motifs is 1. The average Bonchev–Trinajstić information content (AvgIpc) is 2.84. The summed E-state index contributed by atoms with van der Waals surface area (Å²) in [6.07, 6.45) is -1.12. The zero-order valence-corrected chi connectivity index (χ0v) is 13.2. The van der Waals surface area contributed by atoms with Crippen molar-refractivity contribution in [1.82, 2.24) is 4.98 Å². The number of carboxylic acid groups (broad SMARTS) is 2. The van der Waals surface area contributed by atoms with Crippen LogP contribution >= 0.6 is 7.37 Å². The third-order valence-electron chi connectivity index (χ3n) is 3.56. The summed E-state index contributed by atoms with van der Waals surface area (Å²) in [4.78, 5) is 34.8.